The van der Waals surface area contributed by atoms with Gasteiger partial charge in [0.1, 0.15) is 4.90 Å². The minimum atomic E-state index is -3.99. The Morgan fingerprint density at radius 2 is 1.57 bits per heavy atom. The number of rotatable bonds is 9. The van der Waals surface area contributed by atoms with E-state index in [9.17, 15) is 13.2 Å². The van der Waals surface area contributed by atoms with Gasteiger partial charge in [0.15, 0.2) is 11.5 Å². The van der Waals surface area contributed by atoms with Crippen LogP contribution in [-0.4, -0.2) is 38.5 Å². The molecular weight excluding hydrogens is 488 g/mol. The van der Waals surface area contributed by atoms with Crippen molar-refractivity contribution >= 4 is 32.5 Å². The second-order valence-electron chi connectivity index (χ2n) is 7.92. The summed E-state index contributed by atoms with van der Waals surface area (Å²) < 4.78 is 39.2. The van der Waals surface area contributed by atoms with Gasteiger partial charge in [0, 0.05) is 30.1 Å². The van der Waals surface area contributed by atoms with E-state index < -0.39 is 10.0 Å². The molecule has 0 aliphatic heterocycles. The summed E-state index contributed by atoms with van der Waals surface area (Å²) >= 11 is 6.24. The average molecular weight is 513 g/mol. The monoisotopic (exact) mass is 512 g/mol. The van der Waals surface area contributed by atoms with Gasteiger partial charge < -0.3 is 14.5 Å². The Morgan fingerprint density at radius 1 is 0.914 bits per heavy atom. The van der Waals surface area contributed by atoms with Crippen molar-refractivity contribution in [1.82, 2.24) is 9.29 Å². The molecule has 35 heavy (non-hydrogen) atoms. The van der Waals surface area contributed by atoms with Crippen LogP contribution in [0.5, 0.6) is 11.5 Å². The van der Waals surface area contributed by atoms with Gasteiger partial charge in [-0.25, -0.2) is 8.42 Å². The van der Waals surface area contributed by atoms with Crippen molar-refractivity contribution in [1.29, 1.82) is 0 Å². The highest BCUT2D eigenvalue weighted by atomic mass is 35.5. The van der Waals surface area contributed by atoms with Gasteiger partial charge >= 0.3 is 0 Å². The van der Waals surface area contributed by atoms with E-state index in [1.807, 2.05) is 30.3 Å². The van der Waals surface area contributed by atoms with Crippen LogP contribution in [0.1, 0.15) is 11.1 Å². The van der Waals surface area contributed by atoms with Gasteiger partial charge in [0.05, 0.1) is 24.8 Å². The molecule has 0 bridgehead atoms. The zero-order chi connectivity index (χ0) is 25.0. The molecule has 0 aliphatic rings. The summed E-state index contributed by atoms with van der Waals surface area (Å²) in [5.41, 5.74) is 1.45. The van der Waals surface area contributed by atoms with E-state index >= 15 is 0 Å². The largest absolute Gasteiger partial charge is 0.493 e. The number of hydrogen-bond donors (Lipinski definition) is 1. The van der Waals surface area contributed by atoms with Crippen molar-refractivity contribution in [3.8, 4) is 11.5 Å². The maximum Gasteiger partial charge on any atom is 0.252 e. The van der Waals surface area contributed by atoms with Gasteiger partial charge in [-0.15, -0.1) is 0 Å². The molecule has 0 spiro atoms. The molecule has 9 heteroatoms. The number of pyridine rings is 1. The van der Waals surface area contributed by atoms with Gasteiger partial charge in [-0.3, -0.25) is 4.79 Å². The summed E-state index contributed by atoms with van der Waals surface area (Å²) in [4.78, 5) is 15.8. The third kappa shape index (κ3) is 5.35. The summed E-state index contributed by atoms with van der Waals surface area (Å²) in [6, 6.07) is 21.0. The lowest BCUT2D eigenvalue weighted by Crippen LogP contribution is -2.34. The molecule has 1 N–H and O–H groups in total. The number of H-pyrrole nitrogens is 1. The zero-order valence-corrected chi connectivity index (χ0v) is 20.9. The highest BCUT2D eigenvalue weighted by Crippen LogP contribution is 2.31. The average Bonchev–Trinajstić information content (AvgIpc) is 2.86. The summed E-state index contributed by atoms with van der Waals surface area (Å²) in [6.45, 7) is 0.0426. The second-order valence-corrected chi connectivity index (χ2v) is 10.2. The predicted molar refractivity (Wildman–Crippen MR) is 137 cm³/mol. The number of methoxy groups -OCH3 is 2. The van der Waals surface area contributed by atoms with E-state index in [0.29, 0.717) is 34.4 Å². The number of aromatic amines is 1. The van der Waals surface area contributed by atoms with Crippen LogP contribution in [0.2, 0.25) is 5.02 Å². The molecule has 1 aromatic heterocycles. The number of halogens is 1. The predicted octanol–water partition coefficient (Wildman–Crippen LogP) is 4.63. The van der Waals surface area contributed by atoms with Crippen molar-refractivity contribution in [2.45, 2.75) is 17.9 Å². The summed E-state index contributed by atoms with van der Waals surface area (Å²) in [6.07, 6.45) is 0.473. The second kappa shape index (κ2) is 10.5. The molecule has 4 rings (SSSR count). The normalized spacial score (nSPS) is 11.7. The quantitative estimate of drug-likeness (QED) is 0.353. The molecule has 0 saturated heterocycles. The van der Waals surface area contributed by atoms with Crippen molar-refractivity contribution in [2.75, 3.05) is 20.8 Å². The molecule has 7 nitrogen and oxygen atoms in total. The Bertz CT molecular complexity index is 1500. The topological polar surface area (TPSA) is 88.7 Å². The van der Waals surface area contributed by atoms with Gasteiger partial charge in [0.2, 0.25) is 10.0 Å². The van der Waals surface area contributed by atoms with E-state index in [0.717, 1.165) is 5.56 Å². The van der Waals surface area contributed by atoms with Crippen LogP contribution in [0.3, 0.4) is 0 Å². The van der Waals surface area contributed by atoms with Crippen molar-refractivity contribution in [3.63, 3.8) is 0 Å². The lowest BCUT2D eigenvalue weighted by molar-refractivity contribution is 0.355. The Labute approximate surface area is 208 Å². The van der Waals surface area contributed by atoms with E-state index in [2.05, 4.69) is 4.98 Å². The first kappa shape index (κ1) is 24.8. The fourth-order valence-corrected chi connectivity index (χ4v) is 5.77. The van der Waals surface area contributed by atoms with Gasteiger partial charge in [-0.2, -0.15) is 4.31 Å². The van der Waals surface area contributed by atoms with Crippen LogP contribution in [0.25, 0.3) is 10.9 Å². The third-order valence-corrected chi connectivity index (χ3v) is 8.06. The van der Waals surface area contributed by atoms with Gasteiger partial charge in [-0.1, -0.05) is 54.1 Å². The molecule has 0 amide bonds. The number of ether oxygens (including phenoxy) is 2. The number of hydrogen-bond acceptors (Lipinski definition) is 5. The fraction of sp³-hybridized carbons (Fsp3) is 0.192. The van der Waals surface area contributed by atoms with E-state index in [1.54, 1.807) is 30.3 Å². The Hall–Kier alpha value is -3.33. The van der Waals surface area contributed by atoms with Crippen molar-refractivity contribution in [3.05, 3.63) is 99.3 Å². The Kier molecular flexibility index (Phi) is 7.45. The van der Waals surface area contributed by atoms with Crippen LogP contribution in [0.4, 0.5) is 0 Å². The first-order chi connectivity index (χ1) is 16.8. The summed E-state index contributed by atoms with van der Waals surface area (Å²) in [7, 11) is -0.950. The molecule has 0 saturated carbocycles. The number of nitrogens with zero attached hydrogens (tertiary/aromatic N) is 1. The summed E-state index contributed by atoms with van der Waals surface area (Å²) in [5.74, 6) is 0.983. The molecular formula is C26H25ClN2O5S. The molecule has 182 valence electrons. The highest BCUT2D eigenvalue weighted by molar-refractivity contribution is 7.89. The van der Waals surface area contributed by atoms with Gasteiger partial charge in [-0.05, 0) is 36.2 Å². The maximum atomic E-state index is 13.6. The molecule has 4 aromatic rings. The minimum Gasteiger partial charge on any atom is -0.493 e. The van der Waals surface area contributed by atoms with Crippen LogP contribution >= 0.6 is 11.6 Å². The smallest absolute Gasteiger partial charge is 0.252 e. The molecule has 0 radical (unpaired) electrons. The first-order valence-corrected chi connectivity index (χ1v) is 12.7. The number of benzene rings is 3. The molecule has 0 fully saturated rings. The van der Waals surface area contributed by atoms with E-state index in [1.165, 1.54) is 30.7 Å². The number of aromatic nitrogens is 1. The lowest BCUT2D eigenvalue weighted by atomic mass is 10.1. The highest BCUT2D eigenvalue weighted by Gasteiger charge is 2.27. The third-order valence-electron chi connectivity index (χ3n) is 5.72. The standard InChI is InChI=1S/C26H25ClN2O5S/c1-33-23-15-19-14-20(26(30)28-22(19)16-24(23)34-2)17-29(13-12-18-8-4-3-5-9-18)35(31,32)25-11-7-6-10-21(25)27/h3-11,14-16H,12-13,17H2,1-2H3,(H,28,30). The molecule has 0 atom stereocenters. The molecule has 1 heterocycles. The van der Waals surface area contributed by atoms with Crippen LogP contribution in [-0.2, 0) is 23.0 Å². The lowest BCUT2D eigenvalue weighted by Gasteiger charge is -2.23. The van der Waals surface area contributed by atoms with Crippen LogP contribution < -0.4 is 15.0 Å². The zero-order valence-electron chi connectivity index (χ0n) is 19.3. The van der Waals surface area contributed by atoms with Crippen molar-refractivity contribution < 1.29 is 17.9 Å². The van der Waals surface area contributed by atoms with E-state index in [4.69, 9.17) is 21.1 Å². The number of nitrogens with one attached hydrogen (secondary N) is 1. The van der Waals surface area contributed by atoms with Crippen molar-refractivity contribution in [2.24, 2.45) is 0 Å². The molecule has 0 aliphatic carbocycles. The van der Waals surface area contributed by atoms with Gasteiger partial charge in [0.25, 0.3) is 5.56 Å². The maximum absolute atomic E-state index is 13.6. The SMILES string of the molecule is COc1cc2cc(CN(CCc3ccccc3)S(=O)(=O)c3ccccc3Cl)c(=O)[nH]c2cc1OC. The Balaban J connectivity index is 1.75. The van der Waals surface area contributed by atoms with E-state index in [-0.39, 0.29) is 28.6 Å². The van der Waals surface area contributed by atoms with Crippen LogP contribution in [0, 0.1) is 0 Å². The molecule has 3 aromatic carbocycles. The minimum absolute atomic E-state index is 0.00153. The fourth-order valence-electron chi connectivity index (χ4n) is 3.86. The molecule has 0 unspecified atom stereocenters. The van der Waals surface area contributed by atoms with Crippen LogP contribution in [0.15, 0.2) is 82.5 Å². The Morgan fingerprint density at radius 3 is 2.26 bits per heavy atom. The number of fused-ring (bicyclic) bond motifs is 1. The first-order valence-electron chi connectivity index (χ1n) is 10.9. The summed E-state index contributed by atoms with van der Waals surface area (Å²) in [5, 5.41) is 0.817. The number of sulfonamides is 1.